The van der Waals surface area contributed by atoms with Gasteiger partial charge in [0.2, 0.25) is 0 Å². The normalized spacial score (nSPS) is 11.3. The predicted molar refractivity (Wildman–Crippen MR) is 79.7 cm³/mol. The van der Waals surface area contributed by atoms with Gasteiger partial charge in [-0.3, -0.25) is 4.79 Å². The van der Waals surface area contributed by atoms with Gasteiger partial charge in [0.05, 0.1) is 25.7 Å². The quantitative estimate of drug-likeness (QED) is 0.826. The first-order chi connectivity index (χ1) is 9.53. The molecule has 0 radical (unpaired) electrons. The van der Waals surface area contributed by atoms with Crippen LogP contribution in [0.25, 0.3) is 5.57 Å². The van der Waals surface area contributed by atoms with E-state index in [0.717, 1.165) is 24.0 Å². The van der Waals surface area contributed by atoms with Crippen LogP contribution in [0.3, 0.4) is 0 Å². The fourth-order valence-corrected chi connectivity index (χ4v) is 2.17. The van der Waals surface area contributed by atoms with Gasteiger partial charge in [-0.15, -0.1) is 0 Å². The van der Waals surface area contributed by atoms with Crippen molar-refractivity contribution in [1.29, 1.82) is 0 Å². The molecule has 0 unspecified atom stereocenters. The lowest BCUT2D eigenvalue weighted by molar-refractivity contribution is -0.135. The molecule has 20 heavy (non-hydrogen) atoms. The van der Waals surface area contributed by atoms with Gasteiger partial charge in [-0.1, -0.05) is 31.0 Å². The van der Waals surface area contributed by atoms with Crippen molar-refractivity contribution in [1.82, 2.24) is 0 Å². The van der Waals surface area contributed by atoms with E-state index in [-0.39, 0.29) is 6.42 Å². The Kier molecular flexibility index (Phi) is 6.39. The van der Waals surface area contributed by atoms with Crippen molar-refractivity contribution < 1.29 is 19.4 Å². The molecule has 1 rings (SSSR count). The van der Waals surface area contributed by atoms with Crippen LogP contribution >= 0.6 is 11.6 Å². The number of benzene rings is 1. The summed E-state index contributed by atoms with van der Waals surface area (Å²) in [6.07, 6.45) is 3.34. The topological polar surface area (TPSA) is 55.8 Å². The number of halogens is 1. The molecule has 0 amide bonds. The van der Waals surface area contributed by atoms with E-state index >= 15 is 0 Å². The Labute approximate surface area is 124 Å². The molecule has 0 aliphatic carbocycles. The van der Waals surface area contributed by atoms with E-state index in [0.29, 0.717) is 16.5 Å². The Morgan fingerprint density at radius 2 is 1.95 bits per heavy atom. The number of carboxylic acids is 1. The molecule has 0 aliphatic rings. The first kappa shape index (κ1) is 16.4. The van der Waals surface area contributed by atoms with Crippen LogP contribution in [-0.2, 0) is 4.79 Å². The van der Waals surface area contributed by atoms with Crippen molar-refractivity contribution in [2.75, 3.05) is 14.2 Å². The molecule has 110 valence electrons. The molecule has 5 heteroatoms. The molecular weight excluding hydrogens is 280 g/mol. The molecule has 0 atom stereocenters. The summed E-state index contributed by atoms with van der Waals surface area (Å²) >= 11 is 6.07. The maximum Gasteiger partial charge on any atom is 0.307 e. The summed E-state index contributed by atoms with van der Waals surface area (Å²) in [7, 11) is 3.10. The first-order valence-electron chi connectivity index (χ1n) is 6.36. The highest BCUT2D eigenvalue weighted by Gasteiger charge is 2.13. The third-order valence-electron chi connectivity index (χ3n) is 2.86. The van der Waals surface area contributed by atoms with E-state index < -0.39 is 5.97 Å². The first-order valence-corrected chi connectivity index (χ1v) is 6.74. The van der Waals surface area contributed by atoms with E-state index in [2.05, 4.69) is 0 Å². The summed E-state index contributed by atoms with van der Waals surface area (Å²) in [5.74, 6) is 0.291. The van der Waals surface area contributed by atoms with Gasteiger partial charge in [0.1, 0.15) is 11.5 Å². The fourth-order valence-electron chi connectivity index (χ4n) is 1.94. The van der Waals surface area contributed by atoms with Crippen LogP contribution in [0.4, 0.5) is 0 Å². The fraction of sp³-hybridized carbons (Fsp3) is 0.400. The predicted octanol–water partition coefficient (Wildman–Crippen LogP) is 4.02. The summed E-state index contributed by atoms with van der Waals surface area (Å²) in [5, 5.41) is 9.29. The van der Waals surface area contributed by atoms with Crippen LogP contribution in [0.2, 0.25) is 5.02 Å². The summed E-state index contributed by atoms with van der Waals surface area (Å²) in [6, 6.07) is 3.46. The number of carboxylic acid groups (broad SMARTS) is 1. The number of ether oxygens (including phenoxy) is 2. The molecule has 1 aromatic rings. The molecule has 0 heterocycles. The average Bonchev–Trinajstić information content (AvgIpc) is 2.43. The highest BCUT2D eigenvalue weighted by Crippen LogP contribution is 2.37. The highest BCUT2D eigenvalue weighted by atomic mass is 35.5. The minimum atomic E-state index is -0.863. The summed E-state index contributed by atoms with van der Waals surface area (Å²) < 4.78 is 10.5. The zero-order valence-electron chi connectivity index (χ0n) is 11.9. The summed E-state index contributed by atoms with van der Waals surface area (Å²) in [4.78, 5) is 10.7. The molecular formula is C15H19ClO4. The van der Waals surface area contributed by atoms with E-state index in [4.69, 9.17) is 26.2 Å². The monoisotopic (exact) mass is 298 g/mol. The van der Waals surface area contributed by atoms with Gasteiger partial charge in [-0.2, -0.15) is 0 Å². The van der Waals surface area contributed by atoms with Crippen LogP contribution in [0, 0.1) is 0 Å². The van der Waals surface area contributed by atoms with Gasteiger partial charge < -0.3 is 14.6 Å². The third kappa shape index (κ3) is 4.17. The summed E-state index contributed by atoms with van der Waals surface area (Å²) in [6.45, 7) is 2.04. The van der Waals surface area contributed by atoms with Crippen LogP contribution in [0.15, 0.2) is 18.2 Å². The lowest BCUT2D eigenvalue weighted by Crippen LogP contribution is -1.97. The second-order valence-electron chi connectivity index (χ2n) is 4.26. The molecule has 4 nitrogen and oxygen atoms in total. The molecule has 0 bridgehead atoms. The number of carbonyl (C=O) groups is 1. The number of rotatable bonds is 7. The Morgan fingerprint density at radius 3 is 2.45 bits per heavy atom. The largest absolute Gasteiger partial charge is 0.496 e. The minimum Gasteiger partial charge on any atom is -0.496 e. The third-order valence-corrected chi connectivity index (χ3v) is 3.16. The molecule has 0 saturated heterocycles. The Balaban J connectivity index is 3.30. The SMILES string of the molecule is CCC/C(=C\CC(=O)O)c1cc(OC)c(Cl)cc1OC. The van der Waals surface area contributed by atoms with Crippen LogP contribution in [0.5, 0.6) is 11.5 Å². The van der Waals surface area contributed by atoms with Crippen molar-refractivity contribution >= 4 is 23.1 Å². The molecule has 0 fully saturated rings. The van der Waals surface area contributed by atoms with Crippen molar-refractivity contribution in [3.05, 3.63) is 28.8 Å². The zero-order chi connectivity index (χ0) is 15.1. The second-order valence-corrected chi connectivity index (χ2v) is 4.67. The molecule has 0 spiro atoms. The van der Waals surface area contributed by atoms with Crippen molar-refractivity contribution in [2.45, 2.75) is 26.2 Å². The number of hydrogen-bond donors (Lipinski definition) is 1. The van der Waals surface area contributed by atoms with E-state index in [1.165, 1.54) is 7.11 Å². The van der Waals surface area contributed by atoms with Crippen molar-refractivity contribution in [3.8, 4) is 11.5 Å². The molecule has 0 aliphatic heterocycles. The number of hydrogen-bond acceptors (Lipinski definition) is 3. The summed E-state index contributed by atoms with van der Waals surface area (Å²) in [5.41, 5.74) is 1.73. The van der Waals surface area contributed by atoms with Crippen LogP contribution in [0.1, 0.15) is 31.7 Å². The lowest BCUT2D eigenvalue weighted by Gasteiger charge is -2.14. The average molecular weight is 299 g/mol. The highest BCUT2D eigenvalue weighted by molar-refractivity contribution is 6.32. The van der Waals surface area contributed by atoms with Gasteiger partial charge in [0, 0.05) is 11.6 Å². The molecule has 0 saturated carbocycles. The minimum absolute atomic E-state index is 0.0244. The zero-order valence-corrected chi connectivity index (χ0v) is 12.7. The molecule has 0 aromatic heterocycles. The smallest absolute Gasteiger partial charge is 0.307 e. The lowest BCUT2D eigenvalue weighted by atomic mass is 9.99. The van der Waals surface area contributed by atoms with Gasteiger partial charge >= 0.3 is 5.97 Å². The number of allylic oxidation sites excluding steroid dienone is 1. The van der Waals surface area contributed by atoms with Gasteiger partial charge in [-0.25, -0.2) is 0 Å². The van der Waals surface area contributed by atoms with Gasteiger partial charge in [0.25, 0.3) is 0 Å². The molecule has 1 N–H and O–H groups in total. The van der Waals surface area contributed by atoms with E-state index in [1.807, 2.05) is 6.92 Å². The van der Waals surface area contributed by atoms with Gasteiger partial charge in [0.15, 0.2) is 0 Å². The molecule has 1 aromatic carbocycles. The maximum absolute atomic E-state index is 10.7. The Hall–Kier alpha value is -1.68. The van der Waals surface area contributed by atoms with Crippen molar-refractivity contribution in [2.24, 2.45) is 0 Å². The standard InChI is InChI=1S/C15H19ClO4/c1-4-5-10(6-7-15(17)18)11-8-14(20-3)12(16)9-13(11)19-2/h6,8-9H,4-5,7H2,1-3H3,(H,17,18)/b10-6+. The van der Waals surface area contributed by atoms with Crippen LogP contribution < -0.4 is 9.47 Å². The maximum atomic E-state index is 10.7. The van der Waals surface area contributed by atoms with Gasteiger partial charge in [-0.05, 0) is 18.1 Å². The van der Waals surface area contributed by atoms with Crippen molar-refractivity contribution in [3.63, 3.8) is 0 Å². The van der Waals surface area contributed by atoms with E-state index in [9.17, 15) is 4.79 Å². The Morgan fingerprint density at radius 1 is 1.30 bits per heavy atom. The second kappa shape index (κ2) is 7.80. The van der Waals surface area contributed by atoms with E-state index in [1.54, 1.807) is 25.3 Å². The Bertz CT molecular complexity index is 509. The van der Waals surface area contributed by atoms with Crippen LogP contribution in [-0.4, -0.2) is 25.3 Å². The number of aliphatic carboxylic acids is 1. The number of methoxy groups -OCH3 is 2.